The molecule has 1 N–H and O–H groups in total. The lowest BCUT2D eigenvalue weighted by Gasteiger charge is -2.18. The van der Waals surface area contributed by atoms with E-state index in [0.717, 1.165) is 6.26 Å². The Morgan fingerprint density at radius 3 is 2.43 bits per heavy atom. The number of hydrogen-bond donors (Lipinski definition) is 1. The van der Waals surface area contributed by atoms with Gasteiger partial charge in [0.15, 0.2) is 9.84 Å². The van der Waals surface area contributed by atoms with Gasteiger partial charge in [0.1, 0.15) is 0 Å². The summed E-state index contributed by atoms with van der Waals surface area (Å²) in [5.41, 5.74) is 0. The number of hydrogen-bond acceptors (Lipinski definition) is 6. The Balaban J connectivity index is 3.79. The summed E-state index contributed by atoms with van der Waals surface area (Å²) >= 11 is 0.524. The van der Waals surface area contributed by atoms with Crippen LogP contribution in [-0.4, -0.2) is 43.9 Å². The van der Waals surface area contributed by atoms with E-state index in [9.17, 15) is 13.5 Å². The van der Waals surface area contributed by atoms with Gasteiger partial charge in [-0.15, -0.1) is 0 Å². The molecule has 1 atom stereocenters. The maximum absolute atomic E-state index is 11.0. The molecule has 0 aliphatic rings. The molecule has 0 aliphatic heterocycles. The van der Waals surface area contributed by atoms with Gasteiger partial charge in [-0.25, -0.2) is 8.42 Å². The van der Waals surface area contributed by atoms with Crippen LogP contribution in [-0.2, 0) is 18.8 Å². The molecule has 0 saturated carbocycles. The summed E-state index contributed by atoms with van der Waals surface area (Å²) in [6, 6.07) is 0. The van der Waals surface area contributed by atoms with E-state index in [1.807, 2.05) is 6.92 Å². The average Bonchev–Trinajstić information content (AvgIpc) is 2.02. The Kier molecular flexibility index (Phi) is 5.99. The third kappa shape index (κ3) is 5.16. The van der Waals surface area contributed by atoms with E-state index in [2.05, 4.69) is 0 Å². The van der Waals surface area contributed by atoms with Crippen LogP contribution >= 0.6 is 12.0 Å². The molecule has 0 aromatic carbocycles. The van der Waals surface area contributed by atoms with Crippen molar-refractivity contribution in [1.29, 1.82) is 0 Å². The normalized spacial score (nSPS) is 16.6. The number of ether oxygens (including phenoxy) is 1. The standard InChI is InChI=1S/C7H16O5S2/c1-4-11-5-6-12-13-7(2,8)14(3,9)10/h8H,4-6H2,1-3H3. The van der Waals surface area contributed by atoms with E-state index in [0.29, 0.717) is 25.3 Å². The molecule has 0 amide bonds. The minimum atomic E-state index is -3.54. The van der Waals surface area contributed by atoms with Gasteiger partial charge in [0.2, 0.25) is 4.27 Å². The third-order valence-corrected chi connectivity index (χ3v) is 4.50. The minimum absolute atomic E-state index is 0.240. The zero-order valence-electron chi connectivity index (χ0n) is 8.52. The summed E-state index contributed by atoms with van der Waals surface area (Å²) in [4.78, 5) is 0. The molecule has 1 unspecified atom stereocenters. The number of rotatable bonds is 7. The first-order chi connectivity index (χ1) is 6.31. The first kappa shape index (κ1) is 14.2. The van der Waals surface area contributed by atoms with E-state index in [1.54, 1.807) is 0 Å². The van der Waals surface area contributed by atoms with E-state index in [4.69, 9.17) is 8.92 Å². The molecule has 5 nitrogen and oxygen atoms in total. The number of aliphatic hydroxyl groups is 1. The molecule has 0 heterocycles. The van der Waals surface area contributed by atoms with Gasteiger partial charge >= 0.3 is 0 Å². The van der Waals surface area contributed by atoms with Crippen molar-refractivity contribution in [2.75, 3.05) is 26.1 Å². The highest BCUT2D eigenvalue weighted by Gasteiger charge is 2.34. The molecule has 0 spiro atoms. The summed E-state index contributed by atoms with van der Waals surface area (Å²) < 4.78 is 29.9. The SMILES string of the molecule is CCOCCOSC(C)(O)S(C)(=O)=O. The fourth-order valence-corrected chi connectivity index (χ4v) is 1.46. The zero-order chi connectivity index (χ0) is 11.2. The molecule has 0 aromatic heterocycles. The van der Waals surface area contributed by atoms with Crippen molar-refractivity contribution >= 4 is 21.9 Å². The second kappa shape index (κ2) is 5.92. The molecule has 14 heavy (non-hydrogen) atoms. The van der Waals surface area contributed by atoms with Gasteiger partial charge in [-0.3, -0.25) is 0 Å². The molecule has 0 saturated heterocycles. The van der Waals surface area contributed by atoms with Crippen molar-refractivity contribution in [3.8, 4) is 0 Å². The summed E-state index contributed by atoms with van der Waals surface area (Å²) in [5, 5.41) is 9.42. The molecule has 0 radical (unpaired) electrons. The minimum Gasteiger partial charge on any atom is -0.379 e. The molecule has 0 bridgehead atoms. The predicted octanol–water partition coefficient (Wildman–Crippen LogP) is 0.398. The molecule has 0 aromatic rings. The predicted molar refractivity (Wildman–Crippen MR) is 55.5 cm³/mol. The monoisotopic (exact) mass is 244 g/mol. The van der Waals surface area contributed by atoms with Crippen LogP contribution in [0.5, 0.6) is 0 Å². The average molecular weight is 244 g/mol. The molecule has 7 heteroatoms. The maximum Gasteiger partial charge on any atom is 0.235 e. The lowest BCUT2D eigenvalue weighted by Crippen LogP contribution is -2.30. The van der Waals surface area contributed by atoms with Crippen molar-refractivity contribution in [1.82, 2.24) is 0 Å². The van der Waals surface area contributed by atoms with Crippen molar-refractivity contribution in [3.63, 3.8) is 0 Å². The highest BCUT2D eigenvalue weighted by molar-refractivity contribution is 8.11. The van der Waals surface area contributed by atoms with Crippen LogP contribution in [0.4, 0.5) is 0 Å². The smallest absolute Gasteiger partial charge is 0.235 e. The molecule has 0 aliphatic carbocycles. The van der Waals surface area contributed by atoms with Gasteiger partial charge in [0.25, 0.3) is 0 Å². The lowest BCUT2D eigenvalue weighted by molar-refractivity contribution is 0.114. The van der Waals surface area contributed by atoms with Gasteiger partial charge in [-0.2, -0.15) is 0 Å². The maximum atomic E-state index is 11.0. The van der Waals surface area contributed by atoms with Gasteiger partial charge < -0.3 is 14.0 Å². The topological polar surface area (TPSA) is 72.8 Å². The largest absolute Gasteiger partial charge is 0.379 e. The van der Waals surface area contributed by atoms with Crippen LogP contribution in [0.3, 0.4) is 0 Å². The molecule has 0 fully saturated rings. The molecule has 0 rings (SSSR count). The van der Waals surface area contributed by atoms with Crippen LogP contribution in [0.25, 0.3) is 0 Å². The van der Waals surface area contributed by atoms with Gasteiger partial charge in [-0.05, 0) is 13.8 Å². The van der Waals surface area contributed by atoms with E-state index in [1.165, 1.54) is 6.92 Å². The van der Waals surface area contributed by atoms with E-state index >= 15 is 0 Å². The second-order valence-corrected chi connectivity index (χ2v) is 6.57. The van der Waals surface area contributed by atoms with E-state index in [-0.39, 0.29) is 6.61 Å². The number of sulfone groups is 1. The van der Waals surface area contributed by atoms with E-state index < -0.39 is 14.1 Å². The van der Waals surface area contributed by atoms with Gasteiger partial charge in [0.05, 0.1) is 13.2 Å². The van der Waals surface area contributed by atoms with Crippen LogP contribution in [0, 0.1) is 0 Å². The Hall–Kier alpha value is 0.180. The molecular formula is C7H16O5S2. The summed E-state index contributed by atoms with van der Waals surface area (Å²) in [5.74, 6) is 0. The van der Waals surface area contributed by atoms with Crippen molar-refractivity contribution in [2.45, 2.75) is 18.1 Å². The fraction of sp³-hybridized carbons (Fsp3) is 1.00. The van der Waals surface area contributed by atoms with Crippen molar-refractivity contribution < 1.29 is 22.4 Å². The molecule has 86 valence electrons. The van der Waals surface area contributed by atoms with Crippen LogP contribution in [0.2, 0.25) is 0 Å². The zero-order valence-corrected chi connectivity index (χ0v) is 10.2. The highest BCUT2D eigenvalue weighted by atomic mass is 32.3. The Bertz CT molecular complexity index is 247. The second-order valence-electron chi connectivity index (χ2n) is 2.77. The van der Waals surface area contributed by atoms with Gasteiger partial charge in [-0.1, -0.05) is 0 Å². The Morgan fingerprint density at radius 2 is 2.00 bits per heavy atom. The third-order valence-electron chi connectivity index (χ3n) is 1.42. The Labute approximate surface area is 88.9 Å². The van der Waals surface area contributed by atoms with Gasteiger partial charge in [0, 0.05) is 24.9 Å². The fourth-order valence-electron chi connectivity index (χ4n) is 0.450. The molecular weight excluding hydrogens is 228 g/mol. The van der Waals surface area contributed by atoms with Crippen LogP contribution in [0.1, 0.15) is 13.8 Å². The quantitative estimate of drug-likeness (QED) is 0.397. The summed E-state index contributed by atoms with van der Waals surface area (Å²) in [6.45, 7) is 4.22. The van der Waals surface area contributed by atoms with Crippen LogP contribution < -0.4 is 0 Å². The van der Waals surface area contributed by atoms with Crippen molar-refractivity contribution in [2.24, 2.45) is 0 Å². The van der Waals surface area contributed by atoms with Crippen molar-refractivity contribution in [3.05, 3.63) is 0 Å². The lowest BCUT2D eigenvalue weighted by atomic mass is 10.8. The highest BCUT2D eigenvalue weighted by Crippen LogP contribution is 2.27. The Morgan fingerprint density at radius 1 is 1.43 bits per heavy atom. The van der Waals surface area contributed by atoms with Crippen LogP contribution in [0.15, 0.2) is 0 Å². The summed E-state index contributed by atoms with van der Waals surface area (Å²) in [6.07, 6.45) is 0.950. The summed E-state index contributed by atoms with van der Waals surface area (Å²) in [7, 11) is -3.54. The first-order valence-corrected chi connectivity index (χ1v) is 6.75. The first-order valence-electron chi connectivity index (χ1n) is 4.11.